The lowest BCUT2D eigenvalue weighted by molar-refractivity contribution is -0.113. The van der Waals surface area contributed by atoms with E-state index in [0.717, 1.165) is 22.8 Å². The Balaban J connectivity index is 1.35. The van der Waals surface area contributed by atoms with Crippen molar-refractivity contribution in [2.24, 2.45) is 0 Å². The van der Waals surface area contributed by atoms with Crippen molar-refractivity contribution in [3.8, 4) is 17.2 Å². The summed E-state index contributed by atoms with van der Waals surface area (Å²) in [6.45, 7) is 3.91. The molecule has 0 bridgehead atoms. The molecule has 0 spiro atoms. The van der Waals surface area contributed by atoms with Crippen molar-refractivity contribution in [3.05, 3.63) is 90.3 Å². The van der Waals surface area contributed by atoms with Gasteiger partial charge in [-0.2, -0.15) is 0 Å². The normalized spacial score (nSPS) is 10.6. The molecule has 31 heavy (non-hydrogen) atoms. The molecule has 0 aliphatic heterocycles. The van der Waals surface area contributed by atoms with Gasteiger partial charge < -0.3 is 10.1 Å². The number of nitrogens with zero attached hydrogens (tertiary/aromatic N) is 3. The summed E-state index contributed by atoms with van der Waals surface area (Å²) in [5.41, 5.74) is 2.82. The molecule has 7 heteroatoms. The standard InChI is InChI=1S/C24H22N4O2S/c1-17-7-6-10-22(15-17)30-21-13-11-19(12-14-21)25-23(29)16-31-24-27-26-18(2)28(24)20-8-4-3-5-9-20/h3-15H,16H2,1-2H3,(H,25,29). The Morgan fingerprint density at radius 1 is 0.935 bits per heavy atom. The van der Waals surface area contributed by atoms with E-state index in [0.29, 0.717) is 16.6 Å². The highest BCUT2D eigenvalue weighted by Gasteiger charge is 2.13. The van der Waals surface area contributed by atoms with Gasteiger partial charge in [-0.3, -0.25) is 9.36 Å². The zero-order valence-corrected chi connectivity index (χ0v) is 18.1. The Morgan fingerprint density at radius 3 is 2.45 bits per heavy atom. The van der Waals surface area contributed by atoms with E-state index in [1.165, 1.54) is 11.8 Å². The molecular weight excluding hydrogens is 408 g/mol. The number of benzene rings is 3. The van der Waals surface area contributed by atoms with Gasteiger partial charge in [-0.25, -0.2) is 0 Å². The maximum atomic E-state index is 12.4. The molecule has 3 aromatic carbocycles. The van der Waals surface area contributed by atoms with Crippen LogP contribution in [0.3, 0.4) is 0 Å². The number of hydrogen-bond acceptors (Lipinski definition) is 5. The molecule has 6 nitrogen and oxygen atoms in total. The second-order valence-corrected chi connectivity index (χ2v) is 7.92. The highest BCUT2D eigenvalue weighted by Crippen LogP contribution is 2.25. The summed E-state index contributed by atoms with van der Waals surface area (Å²) in [6.07, 6.45) is 0. The fraction of sp³-hybridized carbons (Fsp3) is 0.125. The molecule has 0 saturated carbocycles. The van der Waals surface area contributed by atoms with Gasteiger partial charge >= 0.3 is 0 Å². The zero-order valence-electron chi connectivity index (χ0n) is 17.3. The molecule has 0 unspecified atom stereocenters. The quantitative estimate of drug-likeness (QED) is 0.397. The number of carbonyl (C=O) groups excluding carboxylic acids is 1. The Hall–Kier alpha value is -3.58. The van der Waals surface area contributed by atoms with Crippen LogP contribution in [-0.2, 0) is 4.79 Å². The van der Waals surface area contributed by atoms with E-state index in [1.54, 1.807) is 0 Å². The minimum Gasteiger partial charge on any atom is -0.457 e. The highest BCUT2D eigenvalue weighted by molar-refractivity contribution is 7.99. The van der Waals surface area contributed by atoms with Crippen LogP contribution in [0.1, 0.15) is 11.4 Å². The molecule has 0 fully saturated rings. The minimum absolute atomic E-state index is 0.113. The third-order valence-electron chi connectivity index (χ3n) is 4.51. The Labute approximate surface area is 185 Å². The number of aromatic nitrogens is 3. The minimum atomic E-state index is -0.113. The van der Waals surface area contributed by atoms with Crippen LogP contribution in [0, 0.1) is 13.8 Å². The first-order chi connectivity index (χ1) is 15.1. The van der Waals surface area contributed by atoms with Crippen LogP contribution in [-0.4, -0.2) is 26.4 Å². The summed E-state index contributed by atoms with van der Waals surface area (Å²) in [7, 11) is 0. The second-order valence-electron chi connectivity index (χ2n) is 6.98. The molecule has 0 atom stereocenters. The largest absolute Gasteiger partial charge is 0.457 e. The van der Waals surface area contributed by atoms with Crippen LogP contribution in [0.4, 0.5) is 5.69 Å². The van der Waals surface area contributed by atoms with Crippen molar-refractivity contribution in [3.63, 3.8) is 0 Å². The predicted octanol–water partition coefficient (Wildman–Crippen LogP) is 5.41. The summed E-state index contributed by atoms with van der Waals surface area (Å²) in [6, 6.07) is 25.0. The Bertz CT molecular complexity index is 1170. The van der Waals surface area contributed by atoms with Gasteiger partial charge in [-0.05, 0) is 67.9 Å². The van der Waals surface area contributed by atoms with Crippen molar-refractivity contribution >= 4 is 23.4 Å². The average molecular weight is 431 g/mol. The molecule has 4 rings (SSSR count). The first kappa shape index (κ1) is 20.7. The van der Waals surface area contributed by atoms with Crippen molar-refractivity contribution in [2.75, 3.05) is 11.1 Å². The molecule has 1 heterocycles. The Morgan fingerprint density at radius 2 is 1.71 bits per heavy atom. The van der Waals surface area contributed by atoms with E-state index in [2.05, 4.69) is 15.5 Å². The van der Waals surface area contributed by atoms with Gasteiger partial charge in [-0.1, -0.05) is 42.1 Å². The van der Waals surface area contributed by atoms with Crippen LogP contribution < -0.4 is 10.1 Å². The van der Waals surface area contributed by atoms with Crippen LogP contribution in [0.15, 0.2) is 84.0 Å². The molecule has 1 N–H and O–H groups in total. The number of nitrogens with one attached hydrogen (secondary N) is 1. The molecule has 1 amide bonds. The van der Waals surface area contributed by atoms with E-state index in [1.807, 2.05) is 97.3 Å². The molecule has 0 saturated heterocycles. The topological polar surface area (TPSA) is 69.0 Å². The lowest BCUT2D eigenvalue weighted by Gasteiger charge is -2.09. The first-order valence-corrected chi connectivity index (χ1v) is 10.8. The van der Waals surface area contributed by atoms with Crippen LogP contribution in [0.5, 0.6) is 11.5 Å². The smallest absolute Gasteiger partial charge is 0.234 e. The molecule has 4 aromatic rings. The predicted molar refractivity (Wildman–Crippen MR) is 123 cm³/mol. The number of hydrogen-bond donors (Lipinski definition) is 1. The number of rotatable bonds is 7. The maximum Gasteiger partial charge on any atom is 0.234 e. The van der Waals surface area contributed by atoms with Gasteiger partial charge in [0, 0.05) is 11.4 Å². The molecule has 1 aromatic heterocycles. The van der Waals surface area contributed by atoms with Gasteiger partial charge in [0.15, 0.2) is 5.16 Å². The number of aryl methyl sites for hydroxylation is 2. The molecule has 0 radical (unpaired) electrons. The van der Waals surface area contributed by atoms with E-state index < -0.39 is 0 Å². The van der Waals surface area contributed by atoms with E-state index >= 15 is 0 Å². The monoisotopic (exact) mass is 430 g/mol. The van der Waals surface area contributed by atoms with Crippen LogP contribution in [0.2, 0.25) is 0 Å². The second kappa shape index (κ2) is 9.49. The van der Waals surface area contributed by atoms with Gasteiger partial charge in [0.25, 0.3) is 0 Å². The summed E-state index contributed by atoms with van der Waals surface area (Å²) in [5.74, 6) is 2.39. The first-order valence-electron chi connectivity index (χ1n) is 9.83. The number of ether oxygens (including phenoxy) is 1. The molecule has 156 valence electrons. The molecule has 0 aliphatic rings. The van der Waals surface area contributed by atoms with Gasteiger partial charge in [0.05, 0.1) is 5.75 Å². The molecular formula is C24H22N4O2S. The van der Waals surface area contributed by atoms with Crippen molar-refractivity contribution in [2.45, 2.75) is 19.0 Å². The summed E-state index contributed by atoms with van der Waals surface area (Å²) in [5, 5.41) is 11.9. The molecule has 0 aliphatic carbocycles. The number of carbonyl (C=O) groups is 1. The lowest BCUT2D eigenvalue weighted by Crippen LogP contribution is -2.14. The van der Waals surface area contributed by atoms with Crippen LogP contribution in [0.25, 0.3) is 5.69 Å². The Kier molecular flexibility index (Phi) is 6.33. The van der Waals surface area contributed by atoms with Crippen LogP contribution >= 0.6 is 11.8 Å². The van der Waals surface area contributed by atoms with E-state index in [9.17, 15) is 4.79 Å². The lowest BCUT2D eigenvalue weighted by atomic mass is 10.2. The average Bonchev–Trinajstić information content (AvgIpc) is 3.15. The number of anilines is 1. The highest BCUT2D eigenvalue weighted by atomic mass is 32.2. The van der Waals surface area contributed by atoms with Gasteiger partial charge in [0.1, 0.15) is 17.3 Å². The van der Waals surface area contributed by atoms with Gasteiger partial charge in [-0.15, -0.1) is 10.2 Å². The van der Waals surface area contributed by atoms with Crippen molar-refractivity contribution in [1.29, 1.82) is 0 Å². The van der Waals surface area contributed by atoms with Gasteiger partial charge in [0.2, 0.25) is 5.91 Å². The fourth-order valence-electron chi connectivity index (χ4n) is 3.06. The SMILES string of the molecule is Cc1cccc(Oc2ccc(NC(=O)CSc3nnc(C)n3-c3ccccc3)cc2)c1. The third kappa shape index (κ3) is 5.32. The number of thioether (sulfide) groups is 1. The van der Waals surface area contributed by atoms with E-state index in [4.69, 9.17) is 4.74 Å². The van der Waals surface area contributed by atoms with Crippen molar-refractivity contribution in [1.82, 2.24) is 14.8 Å². The van der Waals surface area contributed by atoms with Crippen molar-refractivity contribution < 1.29 is 9.53 Å². The zero-order chi connectivity index (χ0) is 21.6. The summed E-state index contributed by atoms with van der Waals surface area (Å²) >= 11 is 1.35. The van der Waals surface area contributed by atoms with E-state index in [-0.39, 0.29) is 11.7 Å². The summed E-state index contributed by atoms with van der Waals surface area (Å²) in [4.78, 5) is 12.4. The fourth-order valence-corrected chi connectivity index (χ4v) is 3.86. The maximum absolute atomic E-state index is 12.4. The third-order valence-corrected chi connectivity index (χ3v) is 5.43. The summed E-state index contributed by atoms with van der Waals surface area (Å²) < 4.78 is 7.79. The number of amides is 1. The number of para-hydroxylation sites is 1.